The van der Waals surface area contributed by atoms with E-state index in [2.05, 4.69) is 10.0 Å². The van der Waals surface area contributed by atoms with Crippen LogP contribution in [0.2, 0.25) is 0 Å². The Hall–Kier alpha value is -3.52. The fourth-order valence-corrected chi connectivity index (χ4v) is 4.17. The van der Waals surface area contributed by atoms with Gasteiger partial charge in [0, 0.05) is 16.8 Å². The molecular formula is C23H23N3O4S. The van der Waals surface area contributed by atoms with Gasteiger partial charge in [0.25, 0.3) is 0 Å². The van der Waals surface area contributed by atoms with Gasteiger partial charge in [0.1, 0.15) is 17.0 Å². The fraction of sp³-hybridized carbons (Fsp3) is 0.174. The van der Waals surface area contributed by atoms with Crippen LogP contribution in [0.15, 0.2) is 54.6 Å². The predicted molar refractivity (Wildman–Crippen MR) is 125 cm³/mol. The Morgan fingerprint density at radius 2 is 1.55 bits per heavy atom. The zero-order chi connectivity index (χ0) is 22.2. The van der Waals surface area contributed by atoms with E-state index in [0.29, 0.717) is 22.9 Å². The SMILES string of the molecule is COc1cc(NS(C)(=O)=O)ccc1Nc1c2cccc(C)c2nc2c(OC)cccc12. The Balaban J connectivity index is 1.92. The van der Waals surface area contributed by atoms with Crippen LogP contribution in [0.1, 0.15) is 5.56 Å². The molecule has 160 valence electrons. The number of fused-ring (bicyclic) bond motifs is 2. The van der Waals surface area contributed by atoms with Crippen LogP contribution in [0.25, 0.3) is 21.8 Å². The number of rotatable bonds is 6. The minimum absolute atomic E-state index is 0.423. The Kier molecular flexibility index (Phi) is 5.32. The maximum Gasteiger partial charge on any atom is 0.229 e. The molecule has 7 nitrogen and oxygen atoms in total. The molecule has 0 unspecified atom stereocenters. The summed E-state index contributed by atoms with van der Waals surface area (Å²) in [6.45, 7) is 2.02. The Labute approximate surface area is 181 Å². The van der Waals surface area contributed by atoms with Crippen LogP contribution in [-0.2, 0) is 10.0 Å². The number of pyridine rings is 1. The molecule has 0 aliphatic carbocycles. The van der Waals surface area contributed by atoms with Crippen LogP contribution in [0, 0.1) is 6.92 Å². The Bertz CT molecular complexity index is 1400. The molecule has 0 amide bonds. The summed E-state index contributed by atoms with van der Waals surface area (Å²) >= 11 is 0. The third kappa shape index (κ3) is 4.06. The molecule has 2 N–H and O–H groups in total. The summed E-state index contributed by atoms with van der Waals surface area (Å²) in [7, 11) is -0.223. The van der Waals surface area contributed by atoms with E-state index in [4.69, 9.17) is 14.5 Å². The number of methoxy groups -OCH3 is 2. The largest absolute Gasteiger partial charge is 0.494 e. The first kappa shape index (κ1) is 20.7. The number of hydrogen-bond donors (Lipinski definition) is 2. The van der Waals surface area contributed by atoms with Gasteiger partial charge in [-0.3, -0.25) is 4.72 Å². The highest BCUT2D eigenvalue weighted by Crippen LogP contribution is 2.39. The average molecular weight is 438 g/mol. The number of sulfonamides is 1. The molecule has 0 fully saturated rings. The first-order valence-corrected chi connectivity index (χ1v) is 11.5. The van der Waals surface area contributed by atoms with Gasteiger partial charge in [0.05, 0.1) is 43.1 Å². The number of aromatic nitrogens is 1. The van der Waals surface area contributed by atoms with Crippen molar-refractivity contribution in [1.82, 2.24) is 4.98 Å². The lowest BCUT2D eigenvalue weighted by Crippen LogP contribution is -2.09. The van der Waals surface area contributed by atoms with Gasteiger partial charge >= 0.3 is 0 Å². The van der Waals surface area contributed by atoms with Crippen LogP contribution in [0.5, 0.6) is 11.5 Å². The zero-order valence-corrected chi connectivity index (χ0v) is 18.5. The summed E-state index contributed by atoms with van der Waals surface area (Å²) in [5.41, 5.74) is 4.66. The number of aryl methyl sites for hydroxylation is 1. The quantitative estimate of drug-likeness (QED) is 0.420. The lowest BCUT2D eigenvalue weighted by atomic mass is 10.0. The molecule has 0 saturated heterocycles. The molecule has 0 atom stereocenters. The molecule has 0 aliphatic rings. The van der Waals surface area contributed by atoms with E-state index in [1.54, 1.807) is 32.4 Å². The number of benzene rings is 3. The summed E-state index contributed by atoms with van der Waals surface area (Å²) in [6.07, 6.45) is 1.11. The standard InChI is InChI=1S/C23H23N3O4S/c1-14-7-5-8-16-21(14)25-23-17(9-6-10-19(23)29-2)22(16)24-18-12-11-15(13-20(18)30-3)26-31(4,27)28/h5-13,26H,1-4H3,(H,24,25). The van der Waals surface area contributed by atoms with Crippen molar-refractivity contribution in [3.05, 3.63) is 60.2 Å². The molecular weight excluding hydrogens is 414 g/mol. The van der Waals surface area contributed by atoms with Gasteiger partial charge in [-0.05, 0) is 30.7 Å². The summed E-state index contributed by atoms with van der Waals surface area (Å²) in [5.74, 6) is 1.19. The maximum atomic E-state index is 11.6. The second-order valence-electron chi connectivity index (χ2n) is 7.23. The molecule has 31 heavy (non-hydrogen) atoms. The third-order valence-electron chi connectivity index (χ3n) is 4.98. The molecule has 4 aromatic rings. The molecule has 1 heterocycles. The number of nitrogens with zero attached hydrogens (tertiary/aromatic N) is 1. The second kappa shape index (κ2) is 7.96. The van der Waals surface area contributed by atoms with Gasteiger partial charge < -0.3 is 14.8 Å². The predicted octanol–water partition coefficient (Wildman–Crippen LogP) is 4.83. The Morgan fingerprint density at radius 1 is 0.871 bits per heavy atom. The van der Waals surface area contributed by atoms with Crippen molar-refractivity contribution >= 4 is 48.9 Å². The van der Waals surface area contributed by atoms with Crippen molar-refractivity contribution in [3.8, 4) is 11.5 Å². The van der Waals surface area contributed by atoms with Crippen molar-refractivity contribution in [3.63, 3.8) is 0 Å². The third-order valence-corrected chi connectivity index (χ3v) is 5.59. The van der Waals surface area contributed by atoms with Crippen molar-refractivity contribution in [2.75, 3.05) is 30.5 Å². The number of anilines is 3. The van der Waals surface area contributed by atoms with Crippen LogP contribution >= 0.6 is 0 Å². The van der Waals surface area contributed by atoms with Gasteiger partial charge in [-0.15, -0.1) is 0 Å². The van der Waals surface area contributed by atoms with Crippen LogP contribution in [0.4, 0.5) is 17.1 Å². The monoisotopic (exact) mass is 437 g/mol. The number of hydrogen-bond acceptors (Lipinski definition) is 6. The van der Waals surface area contributed by atoms with E-state index in [-0.39, 0.29) is 0 Å². The van der Waals surface area contributed by atoms with Crippen LogP contribution < -0.4 is 19.5 Å². The maximum absolute atomic E-state index is 11.6. The Morgan fingerprint density at radius 3 is 2.23 bits per heavy atom. The normalized spacial score (nSPS) is 11.5. The highest BCUT2D eigenvalue weighted by atomic mass is 32.2. The van der Waals surface area contributed by atoms with E-state index >= 15 is 0 Å². The number of ether oxygens (including phenoxy) is 2. The van der Waals surface area contributed by atoms with Gasteiger partial charge in [-0.2, -0.15) is 0 Å². The zero-order valence-electron chi connectivity index (χ0n) is 17.7. The first-order valence-electron chi connectivity index (χ1n) is 9.59. The fourth-order valence-electron chi connectivity index (χ4n) is 3.61. The minimum Gasteiger partial charge on any atom is -0.494 e. The van der Waals surface area contributed by atoms with Gasteiger partial charge in [0.15, 0.2) is 0 Å². The summed E-state index contributed by atoms with van der Waals surface area (Å²) in [5, 5.41) is 5.34. The lowest BCUT2D eigenvalue weighted by Gasteiger charge is -2.18. The summed E-state index contributed by atoms with van der Waals surface area (Å²) in [4.78, 5) is 4.87. The molecule has 0 saturated carbocycles. The molecule has 4 rings (SSSR count). The molecule has 0 radical (unpaired) electrons. The summed E-state index contributed by atoms with van der Waals surface area (Å²) in [6, 6.07) is 16.9. The van der Waals surface area contributed by atoms with E-state index in [0.717, 1.165) is 39.3 Å². The second-order valence-corrected chi connectivity index (χ2v) is 8.98. The van der Waals surface area contributed by atoms with Crippen molar-refractivity contribution < 1.29 is 17.9 Å². The molecule has 3 aromatic carbocycles. The van der Waals surface area contributed by atoms with Crippen molar-refractivity contribution in [2.45, 2.75) is 6.92 Å². The lowest BCUT2D eigenvalue weighted by molar-refractivity contribution is 0.417. The molecule has 0 bridgehead atoms. The van der Waals surface area contributed by atoms with Gasteiger partial charge in [-0.1, -0.05) is 30.3 Å². The van der Waals surface area contributed by atoms with Gasteiger partial charge in [0.2, 0.25) is 10.0 Å². The van der Waals surface area contributed by atoms with E-state index in [1.165, 1.54) is 0 Å². The number of nitrogens with one attached hydrogen (secondary N) is 2. The topological polar surface area (TPSA) is 89.5 Å². The van der Waals surface area contributed by atoms with Crippen LogP contribution in [0.3, 0.4) is 0 Å². The van der Waals surface area contributed by atoms with Gasteiger partial charge in [-0.25, -0.2) is 13.4 Å². The number of para-hydroxylation sites is 2. The van der Waals surface area contributed by atoms with Crippen LogP contribution in [-0.4, -0.2) is 33.9 Å². The molecule has 8 heteroatoms. The molecule has 1 aromatic heterocycles. The highest BCUT2D eigenvalue weighted by Gasteiger charge is 2.16. The average Bonchev–Trinajstić information content (AvgIpc) is 2.73. The van der Waals surface area contributed by atoms with E-state index < -0.39 is 10.0 Å². The van der Waals surface area contributed by atoms with Crippen molar-refractivity contribution in [1.29, 1.82) is 0 Å². The van der Waals surface area contributed by atoms with E-state index in [9.17, 15) is 8.42 Å². The first-order chi connectivity index (χ1) is 14.8. The van der Waals surface area contributed by atoms with Crippen molar-refractivity contribution in [2.24, 2.45) is 0 Å². The smallest absolute Gasteiger partial charge is 0.229 e. The molecule has 0 aliphatic heterocycles. The molecule has 0 spiro atoms. The minimum atomic E-state index is -3.39. The summed E-state index contributed by atoms with van der Waals surface area (Å²) < 4.78 is 36.7. The highest BCUT2D eigenvalue weighted by molar-refractivity contribution is 7.92. The van der Waals surface area contributed by atoms with E-state index in [1.807, 2.05) is 43.3 Å².